The van der Waals surface area contributed by atoms with E-state index in [4.69, 9.17) is 16.0 Å². The van der Waals surface area contributed by atoms with Crippen LogP contribution in [0.4, 0.5) is 26.3 Å². The molecular formula is C39H20ClF6NO3. The number of nitrogens with zero attached hydrogens (tertiary/aromatic N) is 1. The molecular weight excluding hydrogens is 680 g/mol. The molecule has 0 bridgehead atoms. The van der Waals surface area contributed by atoms with E-state index >= 15 is 0 Å². The minimum Gasteiger partial charge on any atom is -0.455 e. The van der Waals surface area contributed by atoms with Crippen LogP contribution in [0.1, 0.15) is 16.7 Å². The van der Waals surface area contributed by atoms with Gasteiger partial charge in [-0.25, -0.2) is 4.57 Å². The Morgan fingerprint density at radius 1 is 0.580 bits per heavy atom. The number of hydrogen-bond acceptors (Lipinski definition) is 3. The maximum Gasteiger partial charge on any atom is 0.416 e. The zero-order valence-corrected chi connectivity index (χ0v) is 26.2. The predicted octanol–water partition coefficient (Wildman–Crippen LogP) is 11.0. The van der Waals surface area contributed by atoms with Gasteiger partial charge >= 0.3 is 12.4 Å². The van der Waals surface area contributed by atoms with E-state index in [9.17, 15) is 35.9 Å². The van der Waals surface area contributed by atoms with Crippen LogP contribution in [0.15, 0.2) is 123 Å². The molecule has 6 aromatic carbocycles. The van der Waals surface area contributed by atoms with E-state index in [0.29, 0.717) is 38.4 Å². The average Bonchev–Trinajstić information content (AvgIpc) is 3.11. The van der Waals surface area contributed by atoms with Crippen molar-refractivity contribution in [1.29, 1.82) is 0 Å². The number of aromatic nitrogens is 1. The molecule has 0 aliphatic carbocycles. The highest BCUT2D eigenvalue weighted by Gasteiger charge is 2.32. The van der Waals surface area contributed by atoms with Gasteiger partial charge in [-0.1, -0.05) is 54.6 Å². The Bertz CT molecular complexity index is 2700. The average molecular weight is 700 g/mol. The van der Waals surface area contributed by atoms with Crippen LogP contribution < -0.4 is 11.1 Å². The molecule has 8 rings (SSSR count). The molecule has 0 saturated carbocycles. The number of fused-ring (bicyclic) bond motifs is 2. The maximum atomic E-state index is 14.4. The standard InChI is InChI=1S/C39H20ClF6NO3/c40-19-20-5-15-25(16-6-20)47-36(48)29-17-27(21-7-11-23(12-8-21)38(41,42)43)32-26-3-1-2-4-31(26)50-35-28(18-30(37(47)49)33(29)34(32)35)22-9-13-24(14-10-22)39(44,45)46/h1-18H,19H2. The van der Waals surface area contributed by atoms with Crippen LogP contribution in [0.3, 0.4) is 0 Å². The van der Waals surface area contributed by atoms with Gasteiger partial charge in [-0.2, -0.15) is 26.3 Å². The Labute approximate surface area is 282 Å². The van der Waals surface area contributed by atoms with Gasteiger partial charge in [-0.3, -0.25) is 9.59 Å². The second kappa shape index (κ2) is 11.2. The summed E-state index contributed by atoms with van der Waals surface area (Å²) in [6.45, 7) is 0. The summed E-state index contributed by atoms with van der Waals surface area (Å²) in [6.07, 6.45) is -9.18. The van der Waals surface area contributed by atoms with E-state index in [1.54, 1.807) is 54.6 Å². The van der Waals surface area contributed by atoms with Crippen molar-refractivity contribution in [3.63, 3.8) is 0 Å². The highest BCUT2D eigenvalue weighted by Crippen LogP contribution is 2.46. The van der Waals surface area contributed by atoms with Crippen molar-refractivity contribution in [2.45, 2.75) is 18.2 Å². The Morgan fingerprint density at radius 2 is 1.10 bits per heavy atom. The van der Waals surface area contributed by atoms with Gasteiger partial charge in [0.05, 0.1) is 16.8 Å². The number of para-hydroxylation sites is 1. The van der Waals surface area contributed by atoms with Gasteiger partial charge in [-0.15, -0.1) is 11.6 Å². The molecule has 0 aliphatic heterocycles. The summed E-state index contributed by atoms with van der Waals surface area (Å²) in [5.74, 6) is 0.199. The summed E-state index contributed by atoms with van der Waals surface area (Å²) in [5, 5.41) is 1.84. The van der Waals surface area contributed by atoms with Crippen molar-refractivity contribution in [1.82, 2.24) is 4.57 Å². The van der Waals surface area contributed by atoms with Crippen LogP contribution in [0.25, 0.3) is 71.4 Å². The summed E-state index contributed by atoms with van der Waals surface area (Å²) in [4.78, 5) is 28.8. The summed E-state index contributed by atoms with van der Waals surface area (Å²) in [7, 11) is 0. The van der Waals surface area contributed by atoms with Crippen molar-refractivity contribution >= 4 is 55.1 Å². The lowest BCUT2D eigenvalue weighted by Crippen LogP contribution is -2.32. The Hall–Kier alpha value is -5.61. The zero-order valence-electron chi connectivity index (χ0n) is 25.4. The second-order valence-electron chi connectivity index (χ2n) is 11.9. The third kappa shape index (κ3) is 4.93. The number of pyridine rings is 1. The fourth-order valence-corrected chi connectivity index (χ4v) is 6.80. The molecule has 248 valence electrons. The van der Waals surface area contributed by atoms with Crippen LogP contribution in [0.2, 0.25) is 0 Å². The lowest BCUT2D eigenvalue weighted by atomic mass is 9.87. The lowest BCUT2D eigenvalue weighted by Gasteiger charge is -2.20. The number of halogens is 7. The summed E-state index contributed by atoms with van der Waals surface area (Å²) >= 11 is 5.96. The van der Waals surface area contributed by atoms with Crippen LogP contribution in [0.5, 0.6) is 0 Å². The Balaban J connectivity index is 1.57. The molecule has 0 aliphatic rings. The molecule has 0 radical (unpaired) electrons. The van der Waals surface area contributed by atoms with Crippen molar-refractivity contribution in [3.05, 3.63) is 147 Å². The van der Waals surface area contributed by atoms with Crippen molar-refractivity contribution in [3.8, 4) is 27.9 Å². The van der Waals surface area contributed by atoms with Gasteiger partial charge in [0, 0.05) is 43.8 Å². The topological polar surface area (TPSA) is 52.2 Å². The van der Waals surface area contributed by atoms with Gasteiger partial charge in [0.1, 0.15) is 11.2 Å². The van der Waals surface area contributed by atoms with Crippen molar-refractivity contribution in [2.75, 3.05) is 0 Å². The second-order valence-corrected chi connectivity index (χ2v) is 12.2. The summed E-state index contributed by atoms with van der Waals surface area (Å²) < 4.78 is 88.8. The van der Waals surface area contributed by atoms with E-state index in [1.165, 1.54) is 30.3 Å². The van der Waals surface area contributed by atoms with Crippen LogP contribution in [-0.2, 0) is 18.2 Å². The van der Waals surface area contributed by atoms with Crippen molar-refractivity contribution in [2.24, 2.45) is 0 Å². The maximum absolute atomic E-state index is 14.4. The van der Waals surface area contributed by atoms with Gasteiger partial charge in [0.2, 0.25) is 0 Å². The highest BCUT2D eigenvalue weighted by atomic mass is 35.5. The first kappa shape index (κ1) is 31.6. The first-order chi connectivity index (χ1) is 23.8. The van der Waals surface area contributed by atoms with E-state index in [1.807, 2.05) is 0 Å². The Morgan fingerprint density at radius 3 is 1.64 bits per heavy atom. The van der Waals surface area contributed by atoms with E-state index in [0.717, 1.165) is 34.4 Å². The largest absolute Gasteiger partial charge is 0.455 e. The molecule has 0 unspecified atom stereocenters. The van der Waals surface area contributed by atoms with E-state index < -0.39 is 34.6 Å². The van der Waals surface area contributed by atoms with Gasteiger partial charge in [0.15, 0.2) is 0 Å². The first-order valence-electron chi connectivity index (χ1n) is 15.2. The molecule has 50 heavy (non-hydrogen) atoms. The zero-order chi connectivity index (χ0) is 35.1. The Kier molecular flexibility index (Phi) is 7.10. The smallest absolute Gasteiger partial charge is 0.416 e. The van der Waals surface area contributed by atoms with Crippen LogP contribution in [-0.4, -0.2) is 4.57 Å². The number of alkyl halides is 7. The predicted molar refractivity (Wildman–Crippen MR) is 182 cm³/mol. The fraction of sp³-hybridized carbons (Fsp3) is 0.0769. The number of hydrogen-bond donors (Lipinski definition) is 0. The minimum atomic E-state index is -4.59. The van der Waals surface area contributed by atoms with E-state index in [-0.39, 0.29) is 38.9 Å². The quantitative estimate of drug-likeness (QED) is 0.0795. The molecule has 11 heteroatoms. The SMILES string of the molecule is O=c1c2cc(-c3ccc(C(F)(F)F)cc3)c3oc4ccccc4c4c(-c5ccc(C(F)(F)F)cc5)cc(c(=O)n1-c1ccc(CCl)cc1)c2c34. The summed E-state index contributed by atoms with van der Waals surface area (Å²) in [6, 6.07) is 25.4. The molecule has 8 aromatic rings. The third-order valence-corrected chi connectivity index (χ3v) is 9.30. The highest BCUT2D eigenvalue weighted by molar-refractivity contribution is 6.32. The molecule has 4 nitrogen and oxygen atoms in total. The number of rotatable bonds is 4. The van der Waals surface area contributed by atoms with Gasteiger partial charge < -0.3 is 4.42 Å². The monoisotopic (exact) mass is 699 g/mol. The molecule has 0 N–H and O–H groups in total. The van der Waals surface area contributed by atoms with Crippen LogP contribution >= 0.6 is 11.6 Å². The van der Waals surface area contributed by atoms with Crippen LogP contribution in [0, 0.1) is 0 Å². The molecule has 0 amide bonds. The van der Waals surface area contributed by atoms with E-state index in [2.05, 4.69) is 0 Å². The number of benzene rings is 6. The molecule has 2 heterocycles. The molecule has 0 fully saturated rings. The molecule has 0 spiro atoms. The molecule has 0 atom stereocenters. The van der Waals surface area contributed by atoms with Crippen molar-refractivity contribution < 1.29 is 30.8 Å². The van der Waals surface area contributed by atoms with Gasteiger partial charge in [0.25, 0.3) is 11.1 Å². The minimum absolute atomic E-state index is 0.0952. The first-order valence-corrected chi connectivity index (χ1v) is 15.7. The summed E-state index contributed by atoms with van der Waals surface area (Å²) in [5.41, 5.74) is -0.170. The van der Waals surface area contributed by atoms with Gasteiger partial charge in [-0.05, 0) is 76.9 Å². The lowest BCUT2D eigenvalue weighted by molar-refractivity contribution is -0.138. The molecule has 2 aromatic heterocycles. The normalized spacial score (nSPS) is 12.5. The third-order valence-electron chi connectivity index (χ3n) is 8.99. The fourth-order valence-electron chi connectivity index (χ4n) is 6.62. The molecule has 0 saturated heterocycles.